The van der Waals surface area contributed by atoms with Gasteiger partial charge in [-0.15, -0.1) is 0 Å². The van der Waals surface area contributed by atoms with Crippen molar-refractivity contribution in [3.05, 3.63) is 54.1 Å². The third-order valence-corrected chi connectivity index (χ3v) is 3.43. The van der Waals surface area contributed by atoms with Crippen molar-refractivity contribution in [2.45, 2.75) is 26.3 Å². The highest BCUT2D eigenvalue weighted by molar-refractivity contribution is 5.94. The lowest BCUT2D eigenvalue weighted by atomic mass is 10.2. The summed E-state index contributed by atoms with van der Waals surface area (Å²) >= 11 is 0. The van der Waals surface area contributed by atoms with Gasteiger partial charge in [0.05, 0.1) is 29.7 Å². The molecule has 0 aliphatic rings. The summed E-state index contributed by atoms with van der Waals surface area (Å²) in [6.45, 7) is 3.53. The first-order valence-electron chi connectivity index (χ1n) is 7.55. The number of anilines is 1. The highest BCUT2D eigenvalue weighted by Crippen LogP contribution is 2.13. The number of rotatable bonds is 7. The molecule has 0 aromatic carbocycles. The van der Waals surface area contributed by atoms with Crippen LogP contribution in [0.4, 0.5) is 5.69 Å². The minimum atomic E-state index is -0.135. The zero-order valence-corrected chi connectivity index (χ0v) is 13.1. The van der Waals surface area contributed by atoms with Gasteiger partial charge in [-0.3, -0.25) is 14.8 Å². The van der Waals surface area contributed by atoms with Crippen LogP contribution in [0.2, 0.25) is 0 Å². The lowest BCUT2D eigenvalue weighted by Crippen LogP contribution is -2.24. The molecule has 2 heterocycles. The Morgan fingerprint density at radius 1 is 1.32 bits per heavy atom. The van der Waals surface area contributed by atoms with Gasteiger partial charge in [0, 0.05) is 26.0 Å². The molecule has 1 N–H and O–H groups in total. The zero-order valence-electron chi connectivity index (χ0n) is 13.1. The smallest absolute Gasteiger partial charge is 0.253 e. The second-order valence-electron chi connectivity index (χ2n) is 5.21. The quantitative estimate of drug-likeness (QED) is 0.853. The van der Waals surface area contributed by atoms with Gasteiger partial charge >= 0.3 is 0 Å². The first-order valence-corrected chi connectivity index (χ1v) is 7.55. The maximum atomic E-state index is 12.2. The largest absolute Gasteiger partial charge is 0.373 e. The molecule has 0 aliphatic heterocycles. The van der Waals surface area contributed by atoms with Gasteiger partial charge in [-0.25, -0.2) is 0 Å². The molecule has 2 aromatic heterocycles. The summed E-state index contributed by atoms with van der Waals surface area (Å²) in [4.78, 5) is 22.7. The highest BCUT2D eigenvalue weighted by Gasteiger charge is 2.09. The Morgan fingerprint density at radius 3 is 2.91 bits per heavy atom. The van der Waals surface area contributed by atoms with E-state index in [-0.39, 0.29) is 5.91 Å². The van der Waals surface area contributed by atoms with Crippen LogP contribution in [0.15, 0.2) is 42.9 Å². The van der Waals surface area contributed by atoms with E-state index >= 15 is 0 Å². The molecule has 0 fully saturated rings. The molecule has 0 atom stereocenters. The van der Waals surface area contributed by atoms with Crippen molar-refractivity contribution < 1.29 is 4.79 Å². The van der Waals surface area contributed by atoms with Gasteiger partial charge in [0.2, 0.25) is 0 Å². The molecule has 5 nitrogen and oxygen atoms in total. The molecule has 22 heavy (non-hydrogen) atoms. The second kappa shape index (κ2) is 8.12. The number of pyridine rings is 2. The van der Waals surface area contributed by atoms with Crippen molar-refractivity contribution in [3.8, 4) is 0 Å². The van der Waals surface area contributed by atoms with Crippen molar-refractivity contribution in [1.82, 2.24) is 15.3 Å². The van der Waals surface area contributed by atoms with Crippen LogP contribution < -0.4 is 10.2 Å². The van der Waals surface area contributed by atoms with E-state index in [2.05, 4.69) is 27.1 Å². The number of unbranched alkanes of at least 4 members (excludes halogenated alkanes) is 1. The summed E-state index contributed by atoms with van der Waals surface area (Å²) in [6, 6.07) is 7.51. The van der Waals surface area contributed by atoms with Crippen molar-refractivity contribution in [1.29, 1.82) is 0 Å². The van der Waals surface area contributed by atoms with Gasteiger partial charge in [-0.1, -0.05) is 19.4 Å². The number of hydrogen-bond acceptors (Lipinski definition) is 4. The lowest BCUT2D eigenvalue weighted by Gasteiger charge is -2.19. The van der Waals surface area contributed by atoms with Gasteiger partial charge in [0.1, 0.15) is 0 Å². The summed E-state index contributed by atoms with van der Waals surface area (Å²) in [5, 5.41) is 2.86. The minimum Gasteiger partial charge on any atom is -0.373 e. The molecular formula is C17H22N4O. The average molecular weight is 298 g/mol. The molecular weight excluding hydrogens is 276 g/mol. The molecule has 0 radical (unpaired) electrons. The predicted molar refractivity (Wildman–Crippen MR) is 87.8 cm³/mol. The maximum absolute atomic E-state index is 12.2. The Morgan fingerprint density at radius 2 is 2.18 bits per heavy atom. The number of nitrogens with one attached hydrogen (secondary N) is 1. The molecule has 2 aromatic rings. The zero-order chi connectivity index (χ0) is 15.8. The first kappa shape index (κ1) is 15.9. The Balaban J connectivity index is 1.97. The average Bonchev–Trinajstić information content (AvgIpc) is 2.58. The molecule has 2 rings (SSSR count). The van der Waals surface area contributed by atoms with Crippen LogP contribution in [-0.2, 0) is 6.54 Å². The summed E-state index contributed by atoms with van der Waals surface area (Å²) in [7, 11) is 2.02. The first-order chi connectivity index (χ1) is 10.7. The summed E-state index contributed by atoms with van der Waals surface area (Å²) in [5.74, 6) is -0.135. The third-order valence-electron chi connectivity index (χ3n) is 3.43. The normalized spacial score (nSPS) is 10.3. The van der Waals surface area contributed by atoms with E-state index in [1.54, 1.807) is 18.6 Å². The van der Waals surface area contributed by atoms with Crippen LogP contribution in [0.5, 0.6) is 0 Å². The molecule has 0 unspecified atom stereocenters. The van der Waals surface area contributed by atoms with E-state index in [0.29, 0.717) is 12.1 Å². The Bertz CT molecular complexity index is 601. The Labute approximate surface area is 131 Å². The van der Waals surface area contributed by atoms with Gasteiger partial charge in [0.15, 0.2) is 0 Å². The molecule has 0 saturated carbocycles. The van der Waals surface area contributed by atoms with Gasteiger partial charge in [0.25, 0.3) is 5.91 Å². The van der Waals surface area contributed by atoms with Crippen molar-refractivity contribution in [2.24, 2.45) is 0 Å². The third kappa shape index (κ3) is 4.55. The predicted octanol–water partition coefficient (Wildman–Crippen LogP) is 2.64. The summed E-state index contributed by atoms with van der Waals surface area (Å²) < 4.78 is 0. The number of aromatic nitrogens is 2. The van der Waals surface area contributed by atoms with Crippen molar-refractivity contribution in [2.75, 3.05) is 18.5 Å². The fraction of sp³-hybridized carbons (Fsp3) is 0.353. The number of hydrogen-bond donors (Lipinski definition) is 1. The van der Waals surface area contributed by atoms with E-state index in [9.17, 15) is 4.79 Å². The monoisotopic (exact) mass is 298 g/mol. The number of carbonyl (C=O) groups excluding carboxylic acids is 1. The topological polar surface area (TPSA) is 58.1 Å². The van der Waals surface area contributed by atoms with Crippen molar-refractivity contribution in [3.63, 3.8) is 0 Å². The molecule has 116 valence electrons. The number of amides is 1. The molecule has 0 saturated heterocycles. The minimum absolute atomic E-state index is 0.135. The van der Waals surface area contributed by atoms with E-state index in [0.717, 1.165) is 30.8 Å². The van der Waals surface area contributed by atoms with Gasteiger partial charge in [-0.2, -0.15) is 0 Å². The molecule has 1 amide bonds. The van der Waals surface area contributed by atoms with Gasteiger partial charge < -0.3 is 10.2 Å². The maximum Gasteiger partial charge on any atom is 0.253 e. The van der Waals surface area contributed by atoms with E-state index < -0.39 is 0 Å². The Hall–Kier alpha value is -2.43. The fourth-order valence-corrected chi connectivity index (χ4v) is 2.06. The number of carbonyl (C=O) groups is 1. The number of nitrogens with zero attached hydrogens (tertiary/aromatic N) is 3. The fourth-order valence-electron chi connectivity index (χ4n) is 2.06. The SMILES string of the molecule is CCCCN(C)c1cncc(C(=O)NCc2ccccn2)c1. The molecule has 0 spiro atoms. The summed E-state index contributed by atoms with van der Waals surface area (Å²) in [6.07, 6.45) is 7.34. The van der Waals surface area contributed by atoms with E-state index in [1.807, 2.05) is 31.3 Å². The lowest BCUT2D eigenvalue weighted by molar-refractivity contribution is 0.0950. The Kier molecular flexibility index (Phi) is 5.89. The molecule has 0 aliphatic carbocycles. The molecule has 5 heteroatoms. The van der Waals surface area contributed by atoms with Crippen LogP contribution in [0.25, 0.3) is 0 Å². The van der Waals surface area contributed by atoms with E-state index in [1.165, 1.54) is 0 Å². The molecule has 0 bridgehead atoms. The standard InChI is InChI=1S/C17H22N4O/c1-3-4-9-21(2)16-10-14(11-18-13-16)17(22)20-12-15-7-5-6-8-19-15/h5-8,10-11,13H,3-4,9,12H2,1-2H3,(H,20,22). The van der Waals surface area contributed by atoms with Gasteiger partial charge in [-0.05, 0) is 24.6 Å². The van der Waals surface area contributed by atoms with E-state index in [4.69, 9.17) is 0 Å². The van der Waals surface area contributed by atoms with Crippen LogP contribution in [0.1, 0.15) is 35.8 Å². The second-order valence-corrected chi connectivity index (χ2v) is 5.21. The van der Waals surface area contributed by atoms with Crippen LogP contribution in [-0.4, -0.2) is 29.5 Å². The highest BCUT2D eigenvalue weighted by atomic mass is 16.1. The van der Waals surface area contributed by atoms with Crippen molar-refractivity contribution >= 4 is 11.6 Å². The van der Waals surface area contributed by atoms with Crippen LogP contribution in [0.3, 0.4) is 0 Å². The summed E-state index contributed by atoms with van der Waals surface area (Å²) in [5.41, 5.74) is 2.36. The van der Waals surface area contributed by atoms with Crippen LogP contribution in [0, 0.1) is 0 Å². The van der Waals surface area contributed by atoms with Crippen LogP contribution >= 0.6 is 0 Å².